The van der Waals surface area contributed by atoms with Gasteiger partial charge in [-0.1, -0.05) is 11.2 Å². The molecular formula is C16H22N4O2. The Hall–Kier alpha value is -1.92. The first-order valence-electron chi connectivity index (χ1n) is 7.52. The van der Waals surface area contributed by atoms with E-state index in [0.29, 0.717) is 6.61 Å². The number of anilines is 1. The smallest absolute Gasteiger partial charge is 0.133 e. The summed E-state index contributed by atoms with van der Waals surface area (Å²) in [6.07, 6.45) is 0.00153. The minimum absolute atomic E-state index is 0.00153. The van der Waals surface area contributed by atoms with Crippen molar-refractivity contribution >= 4 is 5.82 Å². The summed E-state index contributed by atoms with van der Waals surface area (Å²) in [7, 11) is 3.99. The van der Waals surface area contributed by atoms with Gasteiger partial charge in [-0.3, -0.25) is 4.90 Å². The van der Waals surface area contributed by atoms with Gasteiger partial charge in [0.1, 0.15) is 17.7 Å². The fraction of sp³-hybridized carbons (Fsp3) is 0.500. The molecule has 22 heavy (non-hydrogen) atoms. The second-order valence-electron chi connectivity index (χ2n) is 5.84. The van der Waals surface area contributed by atoms with E-state index < -0.39 is 0 Å². The summed E-state index contributed by atoms with van der Waals surface area (Å²) in [6, 6.07) is 8.04. The van der Waals surface area contributed by atoms with Crippen LogP contribution in [0.1, 0.15) is 23.3 Å². The van der Waals surface area contributed by atoms with E-state index >= 15 is 0 Å². The Labute approximate surface area is 130 Å². The lowest BCUT2D eigenvalue weighted by molar-refractivity contribution is -0.0355. The average Bonchev–Trinajstić information content (AvgIpc) is 2.93. The molecular weight excluding hydrogens is 280 g/mol. The van der Waals surface area contributed by atoms with E-state index in [1.54, 1.807) is 0 Å². The predicted octanol–water partition coefficient (Wildman–Crippen LogP) is 2.02. The number of aromatic nitrogens is 2. The van der Waals surface area contributed by atoms with Crippen molar-refractivity contribution in [2.75, 3.05) is 38.7 Å². The summed E-state index contributed by atoms with van der Waals surface area (Å²) in [4.78, 5) is 9.01. The molecule has 0 amide bonds. The summed E-state index contributed by atoms with van der Waals surface area (Å²) in [6.45, 7) is 5.11. The molecule has 6 heteroatoms. The maximum Gasteiger partial charge on any atom is 0.133 e. The summed E-state index contributed by atoms with van der Waals surface area (Å²) in [5.74, 6) is 1.80. The molecule has 1 aliphatic rings. The zero-order chi connectivity index (χ0) is 15.5. The van der Waals surface area contributed by atoms with Crippen molar-refractivity contribution in [2.24, 2.45) is 0 Å². The minimum atomic E-state index is 0.00153. The van der Waals surface area contributed by atoms with Crippen molar-refractivity contribution in [1.82, 2.24) is 15.0 Å². The highest BCUT2D eigenvalue weighted by Gasteiger charge is 2.24. The van der Waals surface area contributed by atoms with Gasteiger partial charge in [-0.05, 0) is 19.1 Å². The molecule has 0 radical (unpaired) electrons. The minimum Gasteiger partial charge on any atom is -0.369 e. The van der Waals surface area contributed by atoms with Crippen molar-refractivity contribution in [2.45, 2.75) is 19.6 Å². The van der Waals surface area contributed by atoms with E-state index in [1.807, 2.05) is 50.2 Å². The van der Waals surface area contributed by atoms with Crippen LogP contribution in [0.15, 0.2) is 28.8 Å². The first kappa shape index (κ1) is 15.0. The number of hydrogen-bond acceptors (Lipinski definition) is 6. The third kappa shape index (κ3) is 3.45. The van der Waals surface area contributed by atoms with Crippen LogP contribution in [0.2, 0.25) is 0 Å². The second-order valence-corrected chi connectivity index (χ2v) is 5.84. The Bertz CT molecular complexity index is 626. The van der Waals surface area contributed by atoms with Crippen LogP contribution in [0.5, 0.6) is 0 Å². The summed E-state index contributed by atoms with van der Waals surface area (Å²) in [5.41, 5.74) is 1.94. The fourth-order valence-corrected chi connectivity index (χ4v) is 2.61. The van der Waals surface area contributed by atoms with E-state index in [9.17, 15) is 0 Å². The molecule has 1 fully saturated rings. The summed E-state index contributed by atoms with van der Waals surface area (Å²) in [5, 5.41) is 4.07. The Morgan fingerprint density at radius 3 is 2.95 bits per heavy atom. The Kier molecular flexibility index (Phi) is 4.40. The Morgan fingerprint density at radius 2 is 2.23 bits per heavy atom. The molecule has 0 aromatic carbocycles. The number of morpholine rings is 1. The molecule has 1 atom stereocenters. The van der Waals surface area contributed by atoms with Gasteiger partial charge in [-0.15, -0.1) is 0 Å². The molecule has 1 aliphatic heterocycles. The van der Waals surface area contributed by atoms with Crippen LogP contribution >= 0.6 is 0 Å². The van der Waals surface area contributed by atoms with Crippen LogP contribution in [0.25, 0.3) is 0 Å². The van der Waals surface area contributed by atoms with Crippen LogP contribution in [0.3, 0.4) is 0 Å². The third-order valence-electron chi connectivity index (χ3n) is 3.76. The molecule has 2 aromatic heterocycles. The van der Waals surface area contributed by atoms with E-state index in [1.165, 1.54) is 0 Å². The number of rotatable bonds is 4. The van der Waals surface area contributed by atoms with Gasteiger partial charge in [0, 0.05) is 39.8 Å². The molecule has 2 aromatic rings. The van der Waals surface area contributed by atoms with Crippen molar-refractivity contribution in [3.05, 3.63) is 41.4 Å². The highest BCUT2D eigenvalue weighted by Crippen LogP contribution is 2.23. The SMILES string of the molecule is Cc1cc(CN2CCO[C@H](c3cccc(N(C)C)n3)C2)no1. The van der Waals surface area contributed by atoms with Gasteiger partial charge in [0.2, 0.25) is 0 Å². The van der Waals surface area contributed by atoms with Crippen LogP contribution in [-0.4, -0.2) is 48.8 Å². The van der Waals surface area contributed by atoms with E-state index in [-0.39, 0.29) is 6.10 Å². The molecule has 0 saturated carbocycles. The molecule has 0 N–H and O–H groups in total. The van der Waals surface area contributed by atoms with Crippen molar-refractivity contribution < 1.29 is 9.26 Å². The molecule has 6 nitrogen and oxygen atoms in total. The second kappa shape index (κ2) is 6.46. The van der Waals surface area contributed by atoms with Crippen LogP contribution < -0.4 is 4.90 Å². The van der Waals surface area contributed by atoms with Gasteiger partial charge in [0.05, 0.1) is 18.0 Å². The van der Waals surface area contributed by atoms with Gasteiger partial charge in [0.25, 0.3) is 0 Å². The average molecular weight is 302 g/mol. The zero-order valence-corrected chi connectivity index (χ0v) is 13.3. The normalized spacial score (nSPS) is 19.3. The zero-order valence-electron chi connectivity index (χ0n) is 13.3. The lowest BCUT2D eigenvalue weighted by Crippen LogP contribution is -2.38. The first-order chi connectivity index (χ1) is 10.6. The molecule has 0 unspecified atom stereocenters. The number of aryl methyl sites for hydroxylation is 1. The van der Waals surface area contributed by atoms with Crippen LogP contribution in [0, 0.1) is 6.92 Å². The highest BCUT2D eigenvalue weighted by molar-refractivity contribution is 5.37. The maximum absolute atomic E-state index is 5.91. The standard InChI is InChI=1S/C16H22N4O2/c1-12-9-13(18-22-12)10-20-7-8-21-15(11-20)14-5-4-6-16(17-14)19(2)3/h4-6,9,15H,7-8,10-11H2,1-3H3/t15-/m0/s1. The lowest BCUT2D eigenvalue weighted by atomic mass is 10.1. The van der Waals surface area contributed by atoms with E-state index in [0.717, 1.165) is 42.6 Å². The lowest BCUT2D eigenvalue weighted by Gasteiger charge is -2.32. The molecule has 3 heterocycles. The quantitative estimate of drug-likeness (QED) is 0.861. The first-order valence-corrected chi connectivity index (χ1v) is 7.52. The van der Waals surface area contributed by atoms with Crippen molar-refractivity contribution in [3.63, 3.8) is 0 Å². The van der Waals surface area contributed by atoms with Gasteiger partial charge < -0.3 is 14.2 Å². The molecule has 3 rings (SSSR count). The summed E-state index contributed by atoms with van der Waals surface area (Å²) < 4.78 is 11.0. The van der Waals surface area contributed by atoms with Crippen LogP contribution in [0.4, 0.5) is 5.82 Å². The third-order valence-corrected chi connectivity index (χ3v) is 3.76. The number of pyridine rings is 1. The largest absolute Gasteiger partial charge is 0.369 e. The van der Waals surface area contributed by atoms with Crippen molar-refractivity contribution in [1.29, 1.82) is 0 Å². The highest BCUT2D eigenvalue weighted by atomic mass is 16.5. The van der Waals surface area contributed by atoms with Gasteiger partial charge in [0.15, 0.2) is 0 Å². The molecule has 0 spiro atoms. The van der Waals surface area contributed by atoms with Crippen molar-refractivity contribution in [3.8, 4) is 0 Å². The van der Waals surface area contributed by atoms with E-state index in [2.05, 4.69) is 15.0 Å². The molecule has 0 bridgehead atoms. The predicted molar refractivity (Wildman–Crippen MR) is 83.8 cm³/mol. The monoisotopic (exact) mass is 302 g/mol. The number of ether oxygens (including phenoxy) is 1. The number of hydrogen-bond donors (Lipinski definition) is 0. The number of nitrogens with zero attached hydrogens (tertiary/aromatic N) is 4. The van der Waals surface area contributed by atoms with Gasteiger partial charge in [-0.2, -0.15) is 0 Å². The van der Waals surface area contributed by atoms with Crippen LogP contribution in [-0.2, 0) is 11.3 Å². The Morgan fingerprint density at radius 1 is 1.36 bits per heavy atom. The Balaban J connectivity index is 1.68. The molecule has 118 valence electrons. The topological polar surface area (TPSA) is 54.6 Å². The summed E-state index contributed by atoms with van der Waals surface area (Å²) >= 11 is 0. The fourth-order valence-electron chi connectivity index (χ4n) is 2.61. The molecule has 0 aliphatic carbocycles. The maximum atomic E-state index is 5.91. The van der Waals surface area contributed by atoms with E-state index in [4.69, 9.17) is 9.26 Å². The molecule has 1 saturated heterocycles. The van der Waals surface area contributed by atoms with Gasteiger partial charge in [-0.25, -0.2) is 4.98 Å². The van der Waals surface area contributed by atoms with Gasteiger partial charge >= 0.3 is 0 Å².